The number of amides is 1. The van der Waals surface area contributed by atoms with Gasteiger partial charge in [0.05, 0.1) is 5.56 Å². The molecule has 1 amide bonds. The molecule has 1 fully saturated rings. The zero-order valence-electron chi connectivity index (χ0n) is 13.6. The Hall–Kier alpha value is -2.34. The molecule has 7 heteroatoms. The van der Waals surface area contributed by atoms with Crippen LogP contribution in [0.4, 0.5) is 13.2 Å². The summed E-state index contributed by atoms with van der Waals surface area (Å²) in [5.41, 5.74) is -0.274. The van der Waals surface area contributed by atoms with Crippen LogP contribution < -0.4 is 0 Å². The lowest BCUT2D eigenvalue weighted by Gasteiger charge is -2.31. The number of halogens is 4. The lowest BCUT2D eigenvalue weighted by molar-refractivity contribution is 0.0647. The quantitative estimate of drug-likeness (QED) is 0.734. The van der Waals surface area contributed by atoms with E-state index in [1.807, 2.05) is 0 Å². The highest BCUT2D eigenvalue weighted by Gasteiger charge is 2.31. The molecule has 0 N–H and O–H groups in total. The first-order valence-electron chi connectivity index (χ1n) is 8.10. The fourth-order valence-corrected chi connectivity index (χ4v) is 3.32. The second-order valence-corrected chi connectivity index (χ2v) is 6.62. The Balaban J connectivity index is 1.69. The number of piperidine rings is 1. The summed E-state index contributed by atoms with van der Waals surface area (Å²) in [6.45, 7) is 0.568. The van der Waals surface area contributed by atoms with Crippen molar-refractivity contribution >= 4 is 23.3 Å². The molecular formula is C19H15ClF3NO2. The van der Waals surface area contributed by atoms with Gasteiger partial charge in [0.15, 0.2) is 5.78 Å². The molecular weight excluding hydrogens is 367 g/mol. The van der Waals surface area contributed by atoms with Crippen LogP contribution in [0.25, 0.3) is 0 Å². The molecule has 1 aliphatic rings. The summed E-state index contributed by atoms with van der Waals surface area (Å²) in [7, 11) is 0. The van der Waals surface area contributed by atoms with Gasteiger partial charge in [-0.3, -0.25) is 9.59 Å². The van der Waals surface area contributed by atoms with E-state index in [9.17, 15) is 22.8 Å². The van der Waals surface area contributed by atoms with Crippen molar-refractivity contribution in [3.05, 3.63) is 70.0 Å². The maximum atomic E-state index is 13.8. The first-order chi connectivity index (χ1) is 12.4. The van der Waals surface area contributed by atoms with Gasteiger partial charge in [-0.2, -0.15) is 0 Å². The van der Waals surface area contributed by atoms with Crippen LogP contribution in [-0.2, 0) is 0 Å². The maximum absolute atomic E-state index is 13.8. The van der Waals surface area contributed by atoms with E-state index in [0.29, 0.717) is 22.7 Å². The number of carbonyl (C=O) groups excluding carboxylic acids is 2. The molecule has 0 unspecified atom stereocenters. The molecule has 0 atom stereocenters. The third-order valence-corrected chi connectivity index (χ3v) is 4.71. The van der Waals surface area contributed by atoms with Crippen LogP contribution in [0, 0.1) is 23.4 Å². The Morgan fingerprint density at radius 1 is 1.00 bits per heavy atom. The molecule has 2 aromatic carbocycles. The largest absolute Gasteiger partial charge is 0.339 e. The van der Waals surface area contributed by atoms with Crippen LogP contribution in [0.3, 0.4) is 0 Å². The third kappa shape index (κ3) is 3.75. The van der Waals surface area contributed by atoms with Gasteiger partial charge in [-0.05, 0) is 31.0 Å². The summed E-state index contributed by atoms with van der Waals surface area (Å²) in [5, 5.41) is 0.447. The van der Waals surface area contributed by atoms with Crippen molar-refractivity contribution in [3.63, 3.8) is 0 Å². The Bertz CT molecular complexity index is 841. The number of benzene rings is 2. The minimum absolute atomic E-state index is 0.211. The Labute approximate surface area is 153 Å². The van der Waals surface area contributed by atoms with Crippen molar-refractivity contribution in [2.24, 2.45) is 5.92 Å². The number of hydrogen-bond acceptors (Lipinski definition) is 2. The van der Waals surface area contributed by atoms with E-state index < -0.39 is 34.7 Å². The highest BCUT2D eigenvalue weighted by atomic mass is 35.5. The third-order valence-electron chi connectivity index (χ3n) is 4.48. The topological polar surface area (TPSA) is 37.4 Å². The number of nitrogens with zero attached hydrogens (tertiary/aromatic N) is 1. The van der Waals surface area contributed by atoms with Crippen LogP contribution in [0.5, 0.6) is 0 Å². The molecule has 3 nitrogen and oxygen atoms in total. The summed E-state index contributed by atoms with van der Waals surface area (Å²) < 4.78 is 40.6. The average molecular weight is 382 g/mol. The van der Waals surface area contributed by atoms with Gasteiger partial charge < -0.3 is 4.90 Å². The lowest BCUT2D eigenvalue weighted by atomic mass is 9.88. The van der Waals surface area contributed by atoms with Gasteiger partial charge in [0.25, 0.3) is 5.91 Å². The highest BCUT2D eigenvalue weighted by molar-refractivity contribution is 6.30. The molecule has 0 aromatic heterocycles. The highest BCUT2D eigenvalue weighted by Crippen LogP contribution is 2.26. The minimum atomic E-state index is -1.20. The van der Waals surface area contributed by atoms with Crippen LogP contribution >= 0.6 is 11.6 Å². The zero-order chi connectivity index (χ0) is 18.8. The number of hydrogen-bond donors (Lipinski definition) is 0. The van der Waals surface area contributed by atoms with Crippen molar-refractivity contribution in [1.82, 2.24) is 4.90 Å². The van der Waals surface area contributed by atoms with Crippen LogP contribution in [0.1, 0.15) is 33.6 Å². The molecule has 1 heterocycles. The fourth-order valence-electron chi connectivity index (χ4n) is 3.13. The van der Waals surface area contributed by atoms with Gasteiger partial charge in [0.2, 0.25) is 0 Å². The minimum Gasteiger partial charge on any atom is -0.339 e. The SMILES string of the molecule is O=C(c1c(F)cc(F)cc1F)C1CCN(C(=O)c2cccc(Cl)c2)CC1. The predicted octanol–water partition coefficient (Wildman–Crippen LogP) is 4.49. The van der Waals surface area contributed by atoms with E-state index in [1.54, 1.807) is 29.2 Å². The zero-order valence-corrected chi connectivity index (χ0v) is 14.4. The van der Waals surface area contributed by atoms with E-state index in [1.165, 1.54) is 0 Å². The number of Topliss-reactive ketones (excluding diaryl/α,β-unsaturated/α-hetero) is 1. The summed E-state index contributed by atoms with van der Waals surface area (Å²) >= 11 is 5.89. The van der Waals surface area contributed by atoms with Crippen molar-refractivity contribution < 1.29 is 22.8 Å². The molecule has 136 valence electrons. The Kier molecular flexibility index (Phi) is 5.32. The lowest BCUT2D eigenvalue weighted by Crippen LogP contribution is -2.40. The number of rotatable bonds is 3. The summed E-state index contributed by atoms with van der Waals surface area (Å²) in [6, 6.07) is 7.53. The molecule has 2 aromatic rings. The van der Waals surface area contributed by atoms with Gasteiger partial charge in [-0.15, -0.1) is 0 Å². The normalized spacial score (nSPS) is 15.2. The van der Waals surface area contributed by atoms with Crippen LogP contribution in [0.15, 0.2) is 36.4 Å². The number of ketones is 1. The van der Waals surface area contributed by atoms with Gasteiger partial charge in [-0.1, -0.05) is 17.7 Å². The van der Waals surface area contributed by atoms with Crippen molar-refractivity contribution in [1.29, 1.82) is 0 Å². The first kappa shape index (κ1) is 18.5. The molecule has 0 aliphatic carbocycles. The number of likely N-dealkylation sites (tertiary alicyclic amines) is 1. The summed E-state index contributed by atoms with van der Waals surface area (Å²) in [5.74, 6) is -5.01. The van der Waals surface area contributed by atoms with Gasteiger partial charge in [-0.25, -0.2) is 13.2 Å². The van der Waals surface area contributed by atoms with E-state index in [2.05, 4.69) is 0 Å². The second-order valence-electron chi connectivity index (χ2n) is 6.19. The van der Waals surface area contributed by atoms with Crippen LogP contribution in [0.2, 0.25) is 5.02 Å². The summed E-state index contributed by atoms with van der Waals surface area (Å²) in [4.78, 5) is 26.5. The molecule has 0 saturated carbocycles. The van der Waals surface area contributed by atoms with E-state index in [-0.39, 0.29) is 31.8 Å². The number of carbonyl (C=O) groups is 2. The van der Waals surface area contributed by atoms with Crippen LogP contribution in [-0.4, -0.2) is 29.7 Å². The van der Waals surface area contributed by atoms with Gasteiger partial charge in [0.1, 0.15) is 17.5 Å². The maximum Gasteiger partial charge on any atom is 0.253 e. The molecule has 26 heavy (non-hydrogen) atoms. The second kappa shape index (κ2) is 7.50. The molecule has 0 bridgehead atoms. The predicted molar refractivity (Wildman–Crippen MR) is 90.7 cm³/mol. The van der Waals surface area contributed by atoms with Crippen molar-refractivity contribution in [2.75, 3.05) is 13.1 Å². The molecule has 1 aliphatic heterocycles. The van der Waals surface area contributed by atoms with Crippen molar-refractivity contribution in [2.45, 2.75) is 12.8 Å². The van der Waals surface area contributed by atoms with E-state index in [0.717, 1.165) is 0 Å². The Morgan fingerprint density at radius 2 is 1.62 bits per heavy atom. The average Bonchev–Trinajstić information content (AvgIpc) is 2.60. The van der Waals surface area contributed by atoms with E-state index >= 15 is 0 Å². The van der Waals surface area contributed by atoms with E-state index in [4.69, 9.17) is 11.6 Å². The molecule has 0 radical (unpaired) electrons. The van der Waals surface area contributed by atoms with Gasteiger partial charge in [0, 0.05) is 41.7 Å². The van der Waals surface area contributed by atoms with Crippen molar-refractivity contribution in [3.8, 4) is 0 Å². The Morgan fingerprint density at radius 3 is 2.19 bits per heavy atom. The first-order valence-corrected chi connectivity index (χ1v) is 8.48. The molecule has 3 rings (SSSR count). The standard InChI is InChI=1S/C19H15ClF3NO2/c20-13-3-1-2-12(8-13)19(26)24-6-4-11(5-7-24)18(25)17-15(22)9-14(21)10-16(17)23/h1-3,8-11H,4-7H2. The summed E-state index contributed by atoms with van der Waals surface area (Å²) in [6.07, 6.45) is 0.558. The van der Waals surface area contributed by atoms with Gasteiger partial charge >= 0.3 is 0 Å². The molecule has 0 spiro atoms. The molecule has 1 saturated heterocycles. The smallest absolute Gasteiger partial charge is 0.253 e. The fraction of sp³-hybridized carbons (Fsp3) is 0.263. The monoisotopic (exact) mass is 381 g/mol.